The van der Waals surface area contributed by atoms with Crippen LogP contribution >= 0.6 is 22.9 Å². The first-order chi connectivity index (χ1) is 9.49. The second kappa shape index (κ2) is 6.41. The van der Waals surface area contributed by atoms with Crippen LogP contribution in [-0.4, -0.2) is 15.8 Å². The van der Waals surface area contributed by atoms with Gasteiger partial charge in [-0.15, -0.1) is 11.3 Å². The molecule has 1 atom stereocenters. The average molecular weight is 312 g/mol. The quantitative estimate of drug-likeness (QED) is 0.918. The molecule has 20 heavy (non-hydrogen) atoms. The number of hydrogen-bond donors (Lipinski definition) is 1. The molecule has 4 nitrogen and oxygen atoms in total. The lowest BCUT2D eigenvalue weighted by molar-refractivity contribution is 0.503. The molecule has 0 fully saturated rings. The highest BCUT2D eigenvalue weighted by molar-refractivity contribution is 7.09. The first kappa shape index (κ1) is 15.1. The summed E-state index contributed by atoms with van der Waals surface area (Å²) in [6.07, 6.45) is 2.51. The molecule has 2 aromatic rings. The summed E-state index contributed by atoms with van der Waals surface area (Å²) in [6, 6.07) is 4.31. The molecule has 1 unspecified atom stereocenters. The predicted octanol–water partition coefficient (Wildman–Crippen LogP) is 3.58. The number of halogens is 1. The highest BCUT2D eigenvalue weighted by Gasteiger charge is 2.13. The maximum Gasteiger partial charge on any atom is 0.287 e. The predicted molar refractivity (Wildman–Crippen MR) is 85.0 cm³/mol. The topological polar surface area (TPSA) is 46.9 Å². The molecule has 2 rings (SSSR count). The number of anilines is 1. The second-order valence-corrected chi connectivity index (χ2v) is 6.45. The number of nitrogens with zero attached hydrogens (tertiary/aromatic N) is 2. The maximum absolute atomic E-state index is 12.1. The minimum absolute atomic E-state index is 0.00223. The van der Waals surface area contributed by atoms with E-state index < -0.39 is 0 Å². The van der Waals surface area contributed by atoms with E-state index in [0.717, 1.165) is 6.42 Å². The fraction of sp³-hybridized carbons (Fsp3) is 0.429. The molecular weight excluding hydrogens is 294 g/mol. The smallest absolute Gasteiger partial charge is 0.287 e. The van der Waals surface area contributed by atoms with Crippen molar-refractivity contribution < 1.29 is 0 Å². The zero-order valence-electron chi connectivity index (χ0n) is 11.8. The van der Waals surface area contributed by atoms with Gasteiger partial charge < -0.3 is 5.32 Å². The largest absolute Gasteiger partial charge is 0.380 e. The molecule has 1 N–H and O–H groups in total. The Hall–Kier alpha value is -1.33. The van der Waals surface area contributed by atoms with Gasteiger partial charge in [0.25, 0.3) is 5.56 Å². The summed E-state index contributed by atoms with van der Waals surface area (Å²) >= 11 is 7.86. The van der Waals surface area contributed by atoms with E-state index in [2.05, 4.69) is 28.8 Å². The molecule has 0 aliphatic heterocycles. The Morgan fingerprint density at radius 2 is 2.20 bits per heavy atom. The Morgan fingerprint density at radius 3 is 2.80 bits per heavy atom. The normalized spacial score (nSPS) is 12.7. The molecule has 0 saturated heterocycles. The van der Waals surface area contributed by atoms with Crippen molar-refractivity contribution >= 4 is 28.6 Å². The zero-order chi connectivity index (χ0) is 14.7. The molecule has 2 heterocycles. The lowest BCUT2D eigenvalue weighted by Gasteiger charge is -2.16. The van der Waals surface area contributed by atoms with Crippen LogP contribution in [0.4, 0.5) is 5.69 Å². The monoisotopic (exact) mass is 311 g/mol. The summed E-state index contributed by atoms with van der Waals surface area (Å²) in [5, 5.41) is 9.66. The van der Waals surface area contributed by atoms with E-state index in [4.69, 9.17) is 11.6 Å². The summed E-state index contributed by atoms with van der Waals surface area (Å²) < 4.78 is 1.39. The van der Waals surface area contributed by atoms with Crippen molar-refractivity contribution in [3.63, 3.8) is 0 Å². The Labute approximate surface area is 127 Å². The highest BCUT2D eigenvalue weighted by Crippen LogP contribution is 2.19. The van der Waals surface area contributed by atoms with Gasteiger partial charge in [0.15, 0.2) is 0 Å². The number of nitrogens with one attached hydrogen (secondary N) is 1. The van der Waals surface area contributed by atoms with Crippen molar-refractivity contribution in [3.05, 3.63) is 44.0 Å². The fourth-order valence-corrected chi connectivity index (χ4v) is 2.99. The molecule has 0 amide bonds. The van der Waals surface area contributed by atoms with E-state index in [9.17, 15) is 4.79 Å². The Morgan fingerprint density at radius 1 is 1.45 bits per heavy atom. The van der Waals surface area contributed by atoms with E-state index in [1.165, 1.54) is 9.56 Å². The molecule has 2 aromatic heterocycles. The lowest BCUT2D eigenvalue weighted by atomic mass is 10.2. The van der Waals surface area contributed by atoms with Crippen molar-refractivity contribution in [3.8, 4) is 0 Å². The van der Waals surface area contributed by atoms with Gasteiger partial charge >= 0.3 is 0 Å². The van der Waals surface area contributed by atoms with Crippen molar-refractivity contribution in [1.29, 1.82) is 0 Å². The third-order valence-corrected chi connectivity index (χ3v) is 4.19. The lowest BCUT2D eigenvalue weighted by Crippen LogP contribution is -2.27. The van der Waals surface area contributed by atoms with Crippen LogP contribution in [0.2, 0.25) is 5.02 Å². The summed E-state index contributed by atoms with van der Waals surface area (Å²) in [5.74, 6) is 0. The van der Waals surface area contributed by atoms with Gasteiger partial charge in [-0.25, -0.2) is 4.68 Å². The molecule has 0 aromatic carbocycles. The minimum atomic E-state index is -0.255. The molecule has 6 heteroatoms. The number of hydrogen-bond acceptors (Lipinski definition) is 4. The van der Waals surface area contributed by atoms with Gasteiger partial charge in [0.2, 0.25) is 0 Å². The molecule has 0 bridgehead atoms. The third kappa shape index (κ3) is 3.41. The van der Waals surface area contributed by atoms with Crippen molar-refractivity contribution in [2.45, 2.75) is 39.3 Å². The van der Waals surface area contributed by atoms with Gasteiger partial charge in [-0.2, -0.15) is 5.10 Å². The van der Waals surface area contributed by atoms with Crippen LogP contribution in [0.3, 0.4) is 0 Å². The van der Waals surface area contributed by atoms with Gasteiger partial charge in [-0.1, -0.05) is 17.7 Å². The van der Waals surface area contributed by atoms with E-state index in [1.54, 1.807) is 17.5 Å². The standard InChI is InChI=1S/C14H18ClN3OS/c1-9(2)18-14(19)13(15)12(8-16-18)17-10(3)7-11-5-4-6-20-11/h4-6,8-10,17H,7H2,1-3H3. The summed E-state index contributed by atoms with van der Waals surface area (Å²) in [7, 11) is 0. The second-order valence-electron chi connectivity index (χ2n) is 5.04. The van der Waals surface area contributed by atoms with E-state index in [0.29, 0.717) is 5.69 Å². The van der Waals surface area contributed by atoms with Crippen molar-refractivity contribution in [2.75, 3.05) is 5.32 Å². The highest BCUT2D eigenvalue weighted by atomic mass is 35.5. The van der Waals surface area contributed by atoms with Gasteiger partial charge in [0.1, 0.15) is 5.02 Å². The maximum atomic E-state index is 12.1. The van der Waals surface area contributed by atoms with E-state index in [1.807, 2.05) is 19.9 Å². The molecule has 108 valence electrons. The summed E-state index contributed by atoms with van der Waals surface area (Å²) in [4.78, 5) is 13.4. The fourth-order valence-electron chi connectivity index (χ4n) is 1.96. The van der Waals surface area contributed by atoms with Crippen LogP contribution < -0.4 is 10.9 Å². The van der Waals surface area contributed by atoms with Gasteiger partial charge in [0, 0.05) is 17.3 Å². The molecule has 0 radical (unpaired) electrons. The van der Waals surface area contributed by atoms with Crippen molar-refractivity contribution in [2.24, 2.45) is 0 Å². The third-order valence-electron chi connectivity index (χ3n) is 2.92. The van der Waals surface area contributed by atoms with E-state index >= 15 is 0 Å². The molecular formula is C14H18ClN3OS. The van der Waals surface area contributed by atoms with Crippen molar-refractivity contribution in [1.82, 2.24) is 9.78 Å². The molecule has 0 saturated carbocycles. The molecule has 0 spiro atoms. The number of thiophene rings is 1. The van der Waals surface area contributed by atoms with Crippen LogP contribution in [0.25, 0.3) is 0 Å². The Balaban J connectivity index is 2.14. The Bertz CT molecular complexity index is 622. The van der Waals surface area contributed by atoms with E-state index in [-0.39, 0.29) is 22.7 Å². The van der Waals surface area contributed by atoms with Crippen LogP contribution in [-0.2, 0) is 6.42 Å². The number of aromatic nitrogens is 2. The summed E-state index contributed by atoms with van der Waals surface area (Å²) in [6.45, 7) is 5.86. The average Bonchev–Trinajstić information content (AvgIpc) is 2.87. The Kier molecular flexibility index (Phi) is 4.83. The van der Waals surface area contributed by atoms with Crippen LogP contribution in [0.15, 0.2) is 28.5 Å². The van der Waals surface area contributed by atoms with Crippen LogP contribution in [0.5, 0.6) is 0 Å². The zero-order valence-corrected chi connectivity index (χ0v) is 13.3. The van der Waals surface area contributed by atoms with Crippen LogP contribution in [0, 0.1) is 0 Å². The van der Waals surface area contributed by atoms with Gasteiger partial charge in [-0.3, -0.25) is 4.79 Å². The summed E-state index contributed by atoms with van der Waals surface area (Å²) in [5.41, 5.74) is 0.340. The van der Waals surface area contributed by atoms with Gasteiger partial charge in [0.05, 0.1) is 17.9 Å². The minimum Gasteiger partial charge on any atom is -0.380 e. The molecule has 0 aliphatic carbocycles. The van der Waals surface area contributed by atoms with Gasteiger partial charge in [-0.05, 0) is 32.2 Å². The SMILES string of the molecule is CC(Cc1cccs1)Nc1cnn(C(C)C)c(=O)c1Cl. The molecule has 0 aliphatic rings. The number of rotatable bonds is 5. The van der Waals surface area contributed by atoms with Crippen LogP contribution in [0.1, 0.15) is 31.7 Å². The first-order valence-electron chi connectivity index (χ1n) is 6.55. The first-order valence-corrected chi connectivity index (χ1v) is 7.81.